The number of hydrogen-bond donors (Lipinski definition) is 1. The van der Waals surface area contributed by atoms with E-state index < -0.39 is 11.6 Å². The summed E-state index contributed by atoms with van der Waals surface area (Å²) >= 11 is 0. The molecule has 1 aliphatic heterocycles. The third kappa shape index (κ3) is 9.52. The van der Waals surface area contributed by atoms with Crippen molar-refractivity contribution >= 4 is 18.3 Å². The zero-order valence-electron chi connectivity index (χ0n) is 22.3. The molecule has 2 amide bonds. The lowest BCUT2D eigenvalue weighted by Crippen LogP contribution is -2.52. The average Bonchev–Trinajstić information content (AvgIpc) is 3.20. The highest BCUT2D eigenvalue weighted by atomic mass is 16.5. The highest BCUT2D eigenvalue weighted by Gasteiger charge is 2.32. The quantitative estimate of drug-likeness (QED) is 0.460. The van der Waals surface area contributed by atoms with Gasteiger partial charge in [-0.1, -0.05) is 50.9 Å². The second-order valence-corrected chi connectivity index (χ2v) is 11.4. The summed E-state index contributed by atoms with van der Waals surface area (Å²) in [6.07, 6.45) is 9.66. The fourth-order valence-corrected chi connectivity index (χ4v) is 4.33. The van der Waals surface area contributed by atoms with Gasteiger partial charge in [0, 0.05) is 30.5 Å². The van der Waals surface area contributed by atoms with Crippen LogP contribution in [0.2, 0.25) is 0 Å². The Labute approximate surface area is 210 Å². The van der Waals surface area contributed by atoms with Gasteiger partial charge in [0.1, 0.15) is 6.54 Å². The maximum atomic E-state index is 12.7. The number of amides is 2. The van der Waals surface area contributed by atoms with E-state index >= 15 is 0 Å². The lowest BCUT2D eigenvalue weighted by atomic mass is 9.91. The third-order valence-electron chi connectivity index (χ3n) is 6.26. The minimum absolute atomic E-state index is 0.0698. The normalized spacial score (nSPS) is 20.2. The SMILES string of the molecule is CC(C)(C)C#CC1=CC(N(C=O)CC(=O)N2CCOC(C)(C)C2)=C(C(=O)O)C1.CC1CCCCC1. The van der Waals surface area contributed by atoms with Gasteiger partial charge in [0.05, 0.1) is 23.5 Å². The van der Waals surface area contributed by atoms with Crippen LogP contribution in [0.25, 0.3) is 0 Å². The van der Waals surface area contributed by atoms with Crippen LogP contribution in [0.5, 0.6) is 0 Å². The molecular formula is C28H42N2O5. The molecule has 2 aliphatic carbocycles. The Balaban J connectivity index is 0.000000527. The van der Waals surface area contributed by atoms with Crippen molar-refractivity contribution in [2.24, 2.45) is 11.3 Å². The van der Waals surface area contributed by atoms with Crippen LogP contribution in [0.4, 0.5) is 0 Å². The van der Waals surface area contributed by atoms with Crippen LogP contribution in [0.3, 0.4) is 0 Å². The maximum Gasteiger partial charge on any atom is 0.334 e. The van der Waals surface area contributed by atoms with Gasteiger partial charge >= 0.3 is 5.97 Å². The van der Waals surface area contributed by atoms with Crippen LogP contribution in [0.1, 0.15) is 80.1 Å². The number of morpholine rings is 1. The Bertz CT molecular complexity index is 908. The van der Waals surface area contributed by atoms with Crippen molar-refractivity contribution in [3.63, 3.8) is 0 Å². The Morgan fingerprint density at radius 3 is 2.40 bits per heavy atom. The Morgan fingerprint density at radius 2 is 1.91 bits per heavy atom. The highest BCUT2D eigenvalue weighted by Crippen LogP contribution is 2.28. The number of rotatable bonds is 5. The second kappa shape index (κ2) is 12.4. The molecule has 194 valence electrons. The fraction of sp³-hybridized carbons (Fsp3) is 0.679. The lowest BCUT2D eigenvalue weighted by molar-refractivity contribution is -0.147. The largest absolute Gasteiger partial charge is 0.478 e. The number of carboxylic acid groups (broad SMARTS) is 1. The van der Waals surface area contributed by atoms with Crippen molar-refractivity contribution in [3.8, 4) is 11.8 Å². The van der Waals surface area contributed by atoms with Crippen LogP contribution >= 0.6 is 0 Å². The first-order valence-corrected chi connectivity index (χ1v) is 12.6. The standard InChI is InChI=1S/C21H28N2O5.C7H14/c1-20(2,3)7-6-15-10-16(19(26)27)17(11-15)23(14-24)12-18(25)22-8-9-28-21(4,5)13-22;1-7-5-3-2-4-6-7/h11,14H,8-10,12-13H2,1-5H3,(H,26,27);7H,2-6H2,1H3. The highest BCUT2D eigenvalue weighted by molar-refractivity contribution is 5.91. The predicted molar refractivity (Wildman–Crippen MR) is 136 cm³/mol. The van der Waals surface area contributed by atoms with E-state index in [0.717, 1.165) is 10.8 Å². The van der Waals surface area contributed by atoms with Gasteiger partial charge in [-0.15, -0.1) is 0 Å². The number of carbonyl (C=O) groups is 3. The fourth-order valence-electron chi connectivity index (χ4n) is 4.33. The Kier molecular flexibility index (Phi) is 10.1. The van der Waals surface area contributed by atoms with Gasteiger partial charge in [-0.3, -0.25) is 9.59 Å². The molecule has 7 nitrogen and oxygen atoms in total. The molecule has 0 aromatic rings. The number of ether oxygens (including phenoxy) is 1. The van der Waals surface area contributed by atoms with Gasteiger partial charge < -0.3 is 19.6 Å². The molecule has 1 heterocycles. The topological polar surface area (TPSA) is 87.2 Å². The van der Waals surface area contributed by atoms with Crippen molar-refractivity contribution in [2.45, 2.75) is 85.7 Å². The smallest absolute Gasteiger partial charge is 0.334 e. The molecule has 7 heteroatoms. The number of nitrogens with zero attached hydrogens (tertiary/aromatic N) is 2. The molecule has 0 bridgehead atoms. The van der Waals surface area contributed by atoms with Crippen LogP contribution in [0.15, 0.2) is 22.9 Å². The van der Waals surface area contributed by atoms with Crippen LogP contribution in [0, 0.1) is 23.2 Å². The van der Waals surface area contributed by atoms with Crippen molar-refractivity contribution in [2.75, 3.05) is 26.2 Å². The van der Waals surface area contributed by atoms with Gasteiger partial charge in [0.15, 0.2) is 0 Å². The van der Waals surface area contributed by atoms with Crippen molar-refractivity contribution in [3.05, 3.63) is 22.9 Å². The van der Waals surface area contributed by atoms with E-state index in [1.165, 1.54) is 32.1 Å². The van der Waals surface area contributed by atoms with E-state index in [0.29, 0.717) is 31.7 Å². The van der Waals surface area contributed by atoms with E-state index in [2.05, 4.69) is 18.8 Å². The molecule has 0 aromatic carbocycles. The van der Waals surface area contributed by atoms with Crippen molar-refractivity contribution in [1.29, 1.82) is 0 Å². The summed E-state index contributed by atoms with van der Waals surface area (Å²) in [7, 11) is 0. The monoisotopic (exact) mass is 486 g/mol. The summed E-state index contributed by atoms with van der Waals surface area (Å²) in [5.41, 5.74) is 0.237. The van der Waals surface area contributed by atoms with E-state index in [1.54, 1.807) is 11.0 Å². The molecule has 35 heavy (non-hydrogen) atoms. The molecule has 3 rings (SSSR count). The van der Waals surface area contributed by atoms with Gasteiger partial charge in [-0.05, 0) is 46.6 Å². The lowest BCUT2D eigenvalue weighted by Gasteiger charge is -2.38. The van der Waals surface area contributed by atoms with Gasteiger partial charge in [-0.25, -0.2) is 4.79 Å². The summed E-state index contributed by atoms with van der Waals surface area (Å²) < 4.78 is 5.60. The zero-order chi connectivity index (χ0) is 26.2. The van der Waals surface area contributed by atoms with Gasteiger partial charge in [0.25, 0.3) is 0 Å². The molecule has 0 spiro atoms. The summed E-state index contributed by atoms with van der Waals surface area (Å²) in [4.78, 5) is 38.8. The maximum absolute atomic E-state index is 12.7. The number of hydrogen-bond acceptors (Lipinski definition) is 4. The van der Waals surface area contributed by atoms with Crippen LogP contribution < -0.4 is 0 Å². The first-order chi connectivity index (χ1) is 16.3. The number of aliphatic carboxylic acids is 1. The van der Waals surface area contributed by atoms with E-state index in [1.807, 2.05) is 34.6 Å². The average molecular weight is 487 g/mol. The minimum atomic E-state index is -1.12. The van der Waals surface area contributed by atoms with Gasteiger partial charge in [0.2, 0.25) is 12.3 Å². The summed E-state index contributed by atoms with van der Waals surface area (Å²) in [6, 6.07) is 0. The molecule has 1 N–H and O–H groups in total. The van der Waals surface area contributed by atoms with Crippen molar-refractivity contribution < 1.29 is 24.2 Å². The predicted octanol–water partition coefficient (Wildman–Crippen LogP) is 4.39. The number of carbonyl (C=O) groups excluding carboxylic acids is 2. The molecule has 0 unspecified atom stereocenters. The molecule has 1 saturated carbocycles. The Hall–Kier alpha value is -2.59. The molecule has 1 saturated heterocycles. The number of carboxylic acids is 1. The molecule has 2 fully saturated rings. The molecule has 0 radical (unpaired) electrons. The number of allylic oxidation sites excluding steroid dienone is 2. The zero-order valence-corrected chi connectivity index (χ0v) is 22.3. The van der Waals surface area contributed by atoms with E-state index in [4.69, 9.17) is 4.74 Å². The Morgan fingerprint density at radius 1 is 1.26 bits per heavy atom. The third-order valence-corrected chi connectivity index (χ3v) is 6.26. The second-order valence-electron chi connectivity index (χ2n) is 11.4. The molecule has 0 aromatic heterocycles. The summed E-state index contributed by atoms with van der Waals surface area (Å²) in [6.45, 7) is 13.1. The minimum Gasteiger partial charge on any atom is -0.478 e. The first kappa shape index (κ1) is 28.6. The molecule has 3 aliphatic rings. The van der Waals surface area contributed by atoms with Gasteiger partial charge in [-0.2, -0.15) is 0 Å². The summed E-state index contributed by atoms with van der Waals surface area (Å²) in [5, 5.41) is 9.53. The van der Waals surface area contributed by atoms with Crippen LogP contribution in [-0.2, 0) is 19.1 Å². The first-order valence-electron chi connectivity index (χ1n) is 12.6. The van der Waals surface area contributed by atoms with E-state index in [-0.39, 0.29) is 35.6 Å². The molecular weight excluding hydrogens is 444 g/mol. The summed E-state index contributed by atoms with van der Waals surface area (Å²) in [5.74, 6) is 5.73. The molecule has 0 atom stereocenters. The van der Waals surface area contributed by atoms with Crippen molar-refractivity contribution in [1.82, 2.24) is 9.80 Å². The van der Waals surface area contributed by atoms with Crippen LogP contribution in [-0.4, -0.2) is 65.0 Å². The van der Waals surface area contributed by atoms with E-state index in [9.17, 15) is 19.5 Å².